The molecule has 1 aromatic carbocycles. The number of likely N-dealkylation sites (N-methyl/N-ethyl adjacent to an activating group) is 1. The molecule has 0 atom stereocenters. The van der Waals surface area contributed by atoms with Gasteiger partial charge < -0.3 is 15.3 Å². The van der Waals surface area contributed by atoms with Gasteiger partial charge in [-0.3, -0.25) is 4.79 Å². The van der Waals surface area contributed by atoms with Crippen LogP contribution in [-0.2, 0) is 11.3 Å². The molecule has 0 heterocycles. The fourth-order valence-corrected chi connectivity index (χ4v) is 1.75. The van der Waals surface area contributed by atoms with Crippen LogP contribution in [-0.4, -0.2) is 35.5 Å². The van der Waals surface area contributed by atoms with Gasteiger partial charge in [0.2, 0.25) is 5.91 Å². The molecule has 1 aliphatic carbocycles. The molecule has 2 rings (SSSR count). The SMILES string of the molecule is CN(C(=O)CNCc1ccccc1O)C1CC1. The smallest absolute Gasteiger partial charge is 0.236 e. The van der Waals surface area contributed by atoms with Gasteiger partial charge in [-0.05, 0) is 18.9 Å². The highest BCUT2D eigenvalue weighted by atomic mass is 16.3. The number of hydrogen-bond acceptors (Lipinski definition) is 3. The molecule has 0 aliphatic heterocycles. The van der Waals surface area contributed by atoms with Gasteiger partial charge in [0.1, 0.15) is 5.75 Å². The first kappa shape index (κ1) is 11.9. The highest BCUT2D eigenvalue weighted by Crippen LogP contribution is 2.25. The van der Waals surface area contributed by atoms with Gasteiger partial charge in [0.15, 0.2) is 0 Å². The number of carbonyl (C=O) groups excluding carboxylic acids is 1. The third-order valence-corrected chi connectivity index (χ3v) is 3.07. The summed E-state index contributed by atoms with van der Waals surface area (Å²) in [5, 5.41) is 12.6. The average Bonchev–Trinajstić information content (AvgIpc) is 3.14. The van der Waals surface area contributed by atoms with Crippen LogP contribution in [0.15, 0.2) is 24.3 Å². The maximum atomic E-state index is 11.7. The first-order valence-electron chi connectivity index (χ1n) is 5.91. The fourth-order valence-electron chi connectivity index (χ4n) is 1.75. The van der Waals surface area contributed by atoms with Gasteiger partial charge in [-0.2, -0.15) is 0 Å². The van der Waals surface area contributed by atoms with Gasteiger partial charge >= 0.3 is 0 Å². The predicted molar refractivity (Wildman–Crippen MR) is 65.6 cm³/mol. The Bertz CT molecular complexity index is 402. The highest BCUT2D eigenvalue weighted by Gasteiger charge is 2.28. The monoisotopic (exact) mass is 234 g/mol. The lowest BCUT2D eigenvalue weighted by Crippen LogP contribution is -2.36. The fraction of sp³-hybridized carbons (Fsp3) is 0.462. The molecule has 92 valence electrons. The Balaban J connectivity index is 1.75. The third kappa shape index (κ3) is 3.20. The van der Waals surface area contributed by atoms with E-state index >= 15 is 0 Å². The van der Waals surface area contributed by atoms with E-state index in [4.69, 9.17) is 0 Å². The number of phenolic OH excluding ortho intramolecular Hbond substituents is 1. The lowest BCUT2D eigenvalue weighted by atomic mass is 10.2. The molecular formula is C13H18N2O2. The van der Waals surface area contributed by atoms with Gasteiger partial charge in [0.25, 0.3) is 0 Å². The Labute approximate surface area is 101 Å². The van der Waals surface area contributed by atoms with Crippen molar-refractivity contribution in [3.05, 3.63) is 29.8 Å². The van der Waals surface area contributed by atoms with Crippen LogP contribution >= 0.6 is 0 Å². The van der Waals surface area contributed by atoms with Crippen molar-refractivity contribution in [1.82, 2.24) is 10.2 Å². The zero-order valence-electron chi connectivity index (χ0n) is 10.0. The second kappa shape index (κ2) is 5.19. The van der Waals surface area contributed by atoms with E-state index in [1.807, 2.05) is 19.2 Å². The van der Waals surface area contributed by atoms with Crippen LogP contribution in [0.3, 0.4) is 0 Å². The van der Waals surface area contributed by atoms with Crippen LogP contribution in [0, 0.1) is 0 Å². The van der Waals surface area contributed by atoms with Crippen molar-refractivity contribution in [2.24, 2.45) is 0 Å². The van der Waals surface area contributed by atoms with E-state index in [1.54, 1.807) is 17.0 Å². The number of rotatable bonds is 5. The number of amides is 1. The summed E-state index contributed by atoms with van der Waals surface area (Å²) in [6.45, 7) is 0.832. The molecule has 0 spiro atoms. The molecule has 4 heteroatoms. The van der Waals surface area contributed by atoms with Crippen molar-refractivity contribution < 1.29 is 9.90 Å². The second-order valence-corrected chi connectivity index (χ2v) is 4.47. The normalized spacial score (nSPS) is 14.6. The molecular weight excluding hydrogens is 216 g/mol. The summed E-state index contributed by atoms with van der Waals surface area (Å²) in [4.78, 5) is 13.5. The van der Waals surface area contributed by atoms with Gasteiger partial charge in [-0.1, -0.05) is 18.2 Å². The maximum absolute atomic E-state index is 11.7. The molecule has 0 radical (unpaired) electrons. The van der Waals surface area contributed by atoms with Crippen LogP contribution in [0.25, 0.3) is 0 Å². The topological polar surface area (TPSA) is 52.6 Å². The van der Waals surface area contributed by atoms with E-state index in [9.17, 15) is 9.90 Å². The van der Waals surface area contributed by atoms with E-state index in [1.165, 1.54) is 0 Å². The predicted octanol–water partition coefficient (Wildman–Crippen LogP) is 1.10. The van der Waals surface area contributed by atoms with Gasteiger partial charge in [0.05, 0.1) is 6.54 Å². The number of phenols is 1. The standard InChI is InChI=1S/C13H18N2O2/c1-15(11-6-7-11)13(17)9-14-8-10-4-2-3-5-12(10)16/h2-5,11,14,16H,6-9H2,1H3. The van der Waals surface area contributed by atoms with Crippen LogP contribution < -0.4 is 5.32 Å². The zero-order chi connectivity index (χ0) is 12.3. The van der Waals surface area contributed by atoms with Crippen LogP contribution in [0.2, 0.25) is 0 Å². The molecule has 2 N–H and O–H groups in total. The molecule has 0 bridgehead atoms. The maximum Gasteiger partial charge on any atom is 0.236 e. The van der Waals surface area contributed by atoms with E-state index in [-0.39, 0.29) is 11.7 Å². The Hall–Kier alpha value is -1.55. The molecule has 17 heavy (non-hydrogen) atoms. The lowest BCUT2D eigenvalue weighted by Gasteiger charge is -2.16. The number of para-hydroxylation sites is 1. The lowest BCUT2D eigenvalue weighted by molar-refractivity contribution is -0.129. The minimum atomic E-state index is 0.114. The molecule has 4 nitrogen and oxygen atoms in total. The number of hydrogen-bond donors (Lipinski definition) is 2. The van der Waals surface area contributed by atoms with Crippen LogP contribution in [0.5, 0.6) is 5.75 Å². The van der Waals surface area contributed by atoms with Crippen LogP contribution in [0.1, 0.15) is 18.4 Å². The Morgan fingerprint density at radius 2 is 2.18 bits per heavy atom. The number of nitrogens with one attached hydrogen (secondary N) is 1. The number of carbonyl (C=O) groups is 1. The summed E-state index contributed by atoms with van der Waals surface area (Å²) in [6.07, 6.45) is 2.25. The number of benzene rings is 1. The van der Waals surface area contributed by atoms with Crippen molar-refractivity contribution in [1.29, 1.82) is 0 Å². The van der Waals surface area contributed by atoms with Crippen molar-refractivity contribution >= 4 is 5.91 Å². The molecule has 1 amide bonds. The highest BCUT2D eigenvalue weighted by molar-refractivity contribution is 5.78. The van der Waals surface area contributed by atoms with Crippen LogP contribution in [0.4, 0.5) is 0 Å². The summed E-state index contributed by atoms with van der Waals surface area (Å²) in [6, 6.07) is 7.60. The molecule has 1 aromatic rings. The Morgan fingerprint density at radius 1 is 1.47 bits per heavy atom. The summed E-state index contributed by atoms with van der Waals surface area (Å²) in [5.74, 6) is 0.380. The van der Waals surface area contributed by atoms with Crippen molar-refractivity contribution in [3.8, 4) is 5.75 Å². The van der Waals surface area contributed by atoms with E-state index < -0.39 is 0 Å². The molecule has 0 aromatic heterocycles. The van der Waals surface area contributed by atoms with E-state index in [2.05, 4.69) is 5.32 Å². The Kier molecular flexibility index (Phi) is 3.64. The van der Waals surface area contributed by atoms with E-state index in [0.29, 0.717) is 19.1 Å². The van der Waals surface area contributed by atoms with Crippen molar-refractivity contribution in [2.75, 3.05) is 13.6 Å². The van der Waals surface area contributed by atoms with Crippen molar-refractivity contribution in [2.45, 2.75) is 25.4 Å². The zero-order valence-corrected chi connectivity index (χ0v) is 10.0. The first-order valence-corrected chi connectivity index (χ1v) is 5.91. The largest absolute Gasteiger partial charge is 0.508 e. The summed E-state index contributed by atoms with van der Waals surface area (Å²) in [5.41, 5.74) is 0.814. The molecule has 0 unspecified atom stereocenters. The molecule has 1 saturated carbocycles. The average molecular weight is 234 g/mol. The Morgan fingerprint density at radius 3 is 2.82 bits per heavy atom. The quantitative estimate of drug-likeness (QED) is 0.802. The number of aromatic hydroxyl groups is 1. The molecule has 1 fully saturated rings. The minimum absolute atomic E-state index is 0.114. The van der Waals surface area contributed by atoms with Gasteiger partial charge in [-0.15, -0.1) is 0 Å². The minimum Gasteiger partial charge on any atom is -0.508 e. The summed E-state index contributed by atoms with van der Waals surface area (Å²) in [7, 11) is 1.85. The van der Waals surface area contributed by atoms with Crippen molar-refractivity contribution in [3.63, 3.8) is 0 Å². The summed E-state index contributed by atoms with van der Waals surface area (Å²) >= 11 is 0. The molecule has 1 aliphatic rings. The first-order chi connectivity index (χ1) is 8.18. The third-order valence-electron chi connectivity index (χ3n) is 3.07. The number of nitrogens with zero attached hydrogens (tertiary/aromatic N) is 1. The second-order valence-electron chi connectivity index (χ2n) is 4.47. The van der Waals surface area contributed by atoms with E-state index in [0.717, 1.165) is 18.4 Å². The molecule has 0 saturated heterocycles. The van der Waals surface area contributed by atoms with Gasteiger partial charge in [-0.25, -0.2) is 0 Å². The summed E-state index contributed by atoms with van der Waals surface area (Å²) < 4.78 is 0. The van der Waals surface area contributed by atoms with Gasteiger partial charge in [0, 0.05) is 25.2 Å².